The predicted octanol–water partition coefficient (Wildman–Crippen LogP) is 0.723. The molecule has 2 aliphatic heterocycles. The summed E-state index contributed by atoms with van der Waals surface area (Å²) >= 11 is 0. The number of amides is 1. The molecule has 1 amide bonds. The molecule has 24 heavy (non-hydrogen) atoms. The molecule has 0 bridgehead atoms. The number of nitrogens with zero attached hydrogens (tertiary/aromatic N) is 3. The van der Waals surface area contributed by atoms with Crippen molar-refractivity contribution in [2.45, 2.75) is 12.5 Å². The normalized spacial score (nSPS) is 21.7. The fraction of sp³-hybridized carbons (Fsp3) is 0.562. The first-order chi connectivity index (χ1) is 11.6. The number of nitro benzene ring substituents is 1. The van der Waals surface area contributed by atoms with Gasteiger partial charge in [0.2, 0.25) is 0 Å². The Morgan fingerprint density at radius 3 is 2.75 bits per heavy atom. The van der Waals surface area contributed by atoms with Crippen molar-refractivity contribution in [3.05, 3.63) is 33.9 Å². The lowest BCUT2D eigenvalue weighted by atomic mass is 10.1. The van der Waals surface area contributed by atoms with E-state index in [1.54, 1.807) is 11.0 Å². The van der Waals surface area contributed by atoms with Crippen LogP contribution in [0.3, 0.4) is 0 Å². The number of nitro groups is 1. The van der Waals surface area contributed by atoms with Crippen LogP contribution >= 0.6 is 0 Å². The molecule has 130 valence electrons. The van der Waals surface area contributed by atoms with Crippen LogP contribution in [-0.4, -0.2) is 73.1 Å². The second-order valence-corrected chi connectivity index (χ2v) is 6.12. The van der Waals surface area contributed by atoms with Crippen LogP contribution in [0.25, 0.3) is 0 Å². The highest BCUT2D eigenvalue weighted by Gasteiger charge is 2.32. The van der Waals surface area contributed by atoms with Gasteiger partial charge < -0.3 is 15.0 Å². The number of piperazine rings is 1. The van der Waals surface area contributed by atoms with Gasteiger partial charge in [0.15, 0.2) is 5.75 Å². The Balaban J connectivity index is 1.70. The van der Waals surface area contributed by atoms with Crippen molar-refractivity contribution >= 4 is 11.6 Å². The molecule has 1 N–H and O–H groups in total. The van der Waals surface area contributed by atoms with Crippen LogP contribution in [0, 0.1) is 10.1 Å². The van der Waals surface area contributed by atoms with Gasteiger partial charge in [0.1, 0.15) is 0 Å². The van der Waals surface area contributed by atoms with Gasteiger partial charge in [0.25, 0.3) is 5.91 Å². The molecule has 8 heteroatoms. The number of methoxy groups -OCH3 is 1. The Morgan fingerprint density at radius 2 is 2.08 bits per heavy atom. The van der Waals surface area contributed by atoms with Gasteiger partial charge in [-0.1, -0.05) is 0 Å². The van der Waals surface area contributed by atoms with Crippen molar-refractivity contribution in [1.29, 1.82) is 0 Å². The maximum Gasteiger partial charge on any atom is 0.311 e. The Morgan fingerprint density at radius 1 is 1.33 bits per heavy atom. The molecule has 2 aliphatic rings. The third-order valence-corrected chi connectivity index (χ3v) is 4.74. The number of hydrogen-bond acceptors (Lipinski definition) is 6. The van der Waals surface area contributed by atoms with E-state index >= 15 is 0 Å². The molecule has 0 saturated carbocycles. The third-order valence-electron chi connectivity index (χ3n) is 4.74. The lowest BCUT2D eigenvalue weighted by Gasteiger charge is -2.32. The summed E-state index contributed by atoms with van der Waals surface area (Å²) in [7, 11) is 1.38. The van der Waals surface area contributed by atoms with Gasteiger partial charge in [0.05, 0.1) is 12.0 Å². The van der Waals surface area contributed by atoms with Crippen LogP contribution in [0.4, 0.5) is 5.69 Å². The van der Waals surface area contributed by atoms with Crippen LogP contribution in [0.5, 0.6) is 5.75 Å². The second-order valence-electron chi connectivity index (χ2n) is 6.12. The number of ether oxygens (including phenoxy) is 1. The van der Waals surface area contributed by atoms with Crippen molar-refractivity contribution < 1.29 is 14.5 Å². The number of benzene rings is 1. The number of rotatable bonds is 4. The molecule has 0 aromatic heterocycles. The average Bonchev–Trinajstić information content (AvgIpc) is 3.11. The molecule has 0 radical (unpaired) electrons. The summed E-state index contributed by atoms with van der Waals surface area (Å²) in [6, 6.07) is 4.75. The minimum absolute atomic E-state index is 0.154. The van der Waals surface area contributed by atoms with Crippen LogP contribution in [0.1, 0.15) is 16.8 Å². The van der Waals surface area contributed by atoms with Gasteiger partial charge in [-0.3, -0.25) is 19.8 Å². The third kappa shape index (κ3) is 3.34. The second kappa shape index (κ2) is 7.14. The summed E-state index contributed by atoms with van der Waals surface area (Å²) in [6.07, 6.45) is 0.948. The molecule has 1 atom stereocenters. The number of hydrogen-bond donors (Lipinski definition) is 1. The zero-order valence-corrected chi connectivity index (χ0v) is 13.7. The van der Waals surface area contributed by atoms with Crippen LogP contribution < -0.4 is 10.1 Å². The fourth-order valence-corrected chi connectivity index (χ4v) is 3.42. The van der Waals surface area contributed by atoms with E-state index in [1.807, 2.05) is 0 Å². The van der Waals surface area contributed by atoms with E-state index in [4.69, 9.17) is 4.74 Å². The Kier molecular flexibility index (Phi) is 4.96. The molecular weight excluding hydrogens is 312 g/mol. The Hall–Kier alpha value is -2.19. The zero-order chi connectivity index (χ0) is 17.1. The first-order valence-electron chi connectivity index (χ1n) is 8.16. The summed E-state index contributed by atoms with van der Waals surface area (Å²) in [4.78, 5) is 27.5. The maximum atomic E-state index is 12.7. The maximum absolute atomic E-state index is 12.7. The molecule has 3 rings (SSSR count). The summed E-state index contributed by atoms with van der Waals surface area (Å²) in [5, 5.41) is 14.5. The van der Waals surface area contributed by atoms with Crippen molar-refractivity contribution in [1.82, 2.24) is 15.1 Å². The molecular formula is C16H22N4O4. The molecule has 2 heterocycles. The topological polar surface area (TPSA) is 88.0 Å². The predicted molar refractivity (Wildman–Crippen MR) is 88.4 cm³/mol. The van der Waals surface area contributed by atoms with E-state index in [-0.39, 0.29) is 17.3 Å². The smallest absolute Gasteiger partial charge is 0.311 e. The number of carbonyl (C=O) groups excluding carboxylic acids is 1. The van der Waals surface area contributed by atoms with Crippen molar-refractivity contribution in [2.24, 2.45) is 0 Å². The molecule has 2 saturated heterocycles. The van der Waals surface area contributed by atoms with Gasteiger partial charge in [-0.25, -0.2) is 0 Å². The van der Waals surface area contributed by atoms with Gasteiger partial charge in [-0.05, 0) is 18.6 Å². The van der Waals surface area contributed by atoms with Crippen LogP contribution in [0.15, 0.2) is 18.2 Å². The molecule has 1 aromatic carbocycles. The number of likely N-dealkylation sites (tertiary alicyclic amines) is 1. The van der Waals surface area contributed by atoms with Gasteiger partial charge in [-0.15, -0.1) is 0 Å². The van der Waals surface area contributed by atoms with Gasteiger partial charge in [0, 0.05) is 56.9 Å². The number of carbonyl (C=O) groups is 1. The summed E-state index contributed by atoms with van der Waals surface area (Å²) in [5.41, 5.74) is 0.157. The lowest BCUT2D eigenvalue weighted by molar-refractivity contribution is -0.385. The molecule has 2 fully saturated rings. The fourth-order valence-electron chi connectivity index (χ4n) is 3.42. The van der Waals surface area contributed by atoms with E-state index in [0.717, 1.165) is 32.6 Å². The highest BCUT2D eigenvalue weighted by Crippen LogP contribution is 2.28. The van der Waals surface area contributed by atoms with Gasteiger partial charge >= 0.3 is 5.69 Å². The summed E-state index contributed by atoms with van der Waals surface area (Å²) in [6.45, 7) is 5.33. The first kappa shape index (κ1) is 16.7. The summed E-state index contributed by atoms with van der Waals surface area (Å²) < 4.78 is 4.98. The Labute approximate surface area is 140 Å². The largest absolute Gasteiger partial charge is 0.490 e. The zero-order valence-electron chi connectivity index (χ0n) is 13.7. The lowest BCUT2D eigenvalue weighted by Crippen LogP contribution is -2.49. The van der Waals surface area contributed by atoms with E-state index in [0.29, 0.717) is 24.7 Å². The van der Waals surface area contributed by atoms with E-state index in [9.17, 15) is 14.9 Å². The van der Waals surface area contributed by atoms with Crippen molar-refractivity contribution in [2.75, 3.05) is 46.4 Å². The van der Waals surface area contributed by atoms with Crippen molar-refractivity contribution in [3.63, 3.8) is 0 Å². The van der Waals surface area contributed by atoms with Crippen LogP contribution in [-0.2, 0) is 0 Å². The van der Waals surface area contributed by atoms with E-state index in [1.165, 1.54) is 19.2 Å². The monoisotopic (exact) mass is 334 g/mol. The minimum atomic E-state index is -0.525. The molecule has 8 nitrogen and oxygen atoms in total. The van der Waals surface area contributed by atoms with Crippen molar-refractivity contribution in [3.8, 4) is 5.75 Å². The number of nitrogens with one attached hydrogen (secondary N) is 1. The molecule has 1 aromatic rings. The van der Waals surface area contributed by atoms with Crippen LogP contribution in [0.2, 0.25) is 0 Å². The highest BCUT2D eigenvalue weighted by molar-refractivity contribution is 5.95. The molecule has 0 spiro atoms. The SMILES string of the molecule is COc1ccc(C(=O)N2CCC(N3CCNCC3)C2)cc1[N+](=O)[O-]. The average molecular weight is 334 g/mol. The van der Waals surface area contributed by atoms with E-state index < -0.39 is 4.92 Å². The highest BCUT2D eigenvalue weighted by atomic mass is 16.6. The first-order valence-corrected chi connectivity index (χ1v) is 8.16. The minimum Gasteiger partial charge on any atom is -0.490 e. The molecule has 1 unspecified atom stereocenters. The summed E-state index contributed by atoms with van der Waals surface area (Å²) in [5.74, 6) is 0.00931. The molecule has 0 aliphatic carbocycles. The Bertz CT molecular complexity index is 631. The standard InChI is InChI=1S/C16H22N4O4/c1-24-15-3-2-12(10-14(15)20(22)23)16(21)19-7-4-13(11-19)18-8-5-17-6-9-18/h2-3,10,13,17H,4-9,11H2,1H3. The quantitative estimate of drug-likeness (QED) is 0.645. The van der Waals surface area contributed by atoms with Gasteiger partial charge in [-0.2, -0.15) is 0 Å². The van der Waals surface area contributed by atoms with E-state index in [2.05, 4.69) is 10.2 Å².